The smallest absolute Gasteiger partial charge is 0.309 e. The van der Waals surface area contributed by atoms with Gasteiger partial charge in [-0.25, -0.2) is 0 Å². The number of benzene rings is 2. The molecule has 2 N–H and O–H groups in total. The zero-order chi connectivity index (χ0) is 26.8. The van der Waals surface area contributed by atoms with E-state index < -0.39 is 23.8 Å². The second-order valence-electron chi connectivity index (χ2n) is 8.11. The number of hydrogen-bond acceptors (Lipinski definition) is 10. The van der Waals surface area contributed by atoms with Crippen LogP contribution in [0.25, 0.3) is 0 Å². The van der Waals surface area contributed by atoms with Crippen LogP contribution in [0.1, 0.15) is 24.0 Å². The molecule has 10 heteroatoms. The van der Waals surface area contributed by atoms with E-state index in [0.29, 0.717) is 35.5 Å². The van der Waals surface area contributed by atoms with Crippen LogP contribution in [0.5, 0.6) is 34.5 Å². The quantitative estimate of drug-likeness (QED) is 0.390. The molecular formula is C26H34O10. The fraction of sp³-hybridized carbons (Fsp3) is 0.462. The van der Waals surface area contributed by atoms with E-state index in [1.54, 1.807) is 12.1 Å². The van der Waals surface area contributed by atoms with Gasteiger partial charge in [-0.2, -0.15) is 0 Å². The topological polar surface area (TPSA) is 130 Å². The maximum atomic E-state index is 13.0. The van der Waals surface area contributed by atoms with Crippen molar-refractivity contribution in [2.45, 2.75) is 25.7 Å². The Kier molecular flexibility index (Phi) is 10.5. The lowest BCUT2D eigenvalue weighted by molar-refractivity contribution is -0.148. The van der Waals surface area contributed by atoms with Gasteiger partial charge >= 0.3 is 11.9 Å². The lowest BCUT2D eigenvalue weighted by Gasteiger charge is -2.26. The zero-order valence-electron chi connectivity index (χ0n) is 21.5. The molecule has 0 saturated heterocycles. The molecule has 10 nitrogen and oxygen atoms in total. The minimum Gasteiger partial charge on any atom is -0.504 e. The van der Waals surface area contributed by atoms with Gasteiger partial charge in [0.15, 0.2) is 23.0 Å². The second-order valence-corrected chi connectivity index (χ2v) is 8.11. The Labute approximate surface area is 210 Å². The summed E-state index contributed by atoms with van der Waals surface area (Å²) in [6.07, 6.45) is 0.877. The molecule has 2 atom stereocenters. The van der Waals surface area contributed by atoms with Gasteiger partial charge in [0.25, 0.3) is 0 Å². The number of aromatic hydroxyl groups is 2. The van der Waals surface area contributed by atoms with Crippen LogP contribution in [-0.2, 0) is 31.9 Å². The number of hydrogen-bond donors (Lipinski definition) is 2. The van der Waals surface area contributed by atoms with Crippen molar-refractivity contribution >= 4 is 11.9 Å². The van der Waals surface area contributed by atoms with Gasteiger partial charge in [0.2, 0.25) is 11.5 Å². The number of carbonyl (C=O) groups excluding carboxylic acids is 2. The summed E-state index contributed by atoms with van der Waals surface area (Å²) in [4.78, 5) is 24.9. The van der Waals surface area contributed by atoms with Crippen LogP contribution in [0, 0.1) is 11.8 Å². The molecular weight excluding hydrogens is 472 g/mol. The normalized spacial score (nSPS) is 12.3. The molecule has 2 aromatic carbocycles. The Morgan fingerprint density at radius 3 is 1.64 bits per heavy atom. The van der Waals surface area contributed by atoms with Crippen molar-refractivity contribution in [2.24, 2.45) is 11.8 Å². The van der Waals surface area contributed by atoms with Gasteiger partial charge in [-0.05, 0) is 60.6 Å². The maximum absolute atomic E-state index is 13.0. The average Bonchev–Trinajstić information content (AvgIpc) is 2.88. The highest BCUT2D eigenvalue weighted by Crippen LogP contribution is 2.41. The van der Waals surface area contributed by atoms with E-state index in [1.807, 2.05) is 0 Å². The third kappa shape index (κ3) is 6.87. The monoisotopic (exact) mass is 506 g/mol. The molecule has 0 aliphatic rings. The van der Waals surface area contributed by atoms with Gasteiger partial charge in [0.05, 0.1) is 48.6 Å². The highest BCUT2D eigenvalue weighted by molar-refractivity contribution is 5.74. The summed E-state index contributed by atoms with van der Waals surface area (Å²) in [6, 6.07) is 6.41. The van der Waals surface area contributed by atoms with E-state index in [2.05, 4.69) is 0 Å². The summed E-state index contributed by atoms with van der Waals surface area (Å²) < 4.78 is 30.9. The second kappa shape index (κ2) is 13.3. The molecule has 0 heterocycles. The summed E-state index contributed by atoms with van der Waals surface area (Å²) in [5, 5.41) is 20.8. The minimum atomic E-state index is -0.701. The fourth-order valence-corrected chi connectivity index (χ4v) is 4.24. The first-order chi connectivity index (χ1) is 17.2. The molecule has 0 amide bonds. The molecule has 0 aromatic heterocycles. The molecule has 0 unspecified atom stereocenters. The lowest BCUT2D eigenvalue weighted by atomic mass is 9.80. The number of methoxy groups -OCH3 is 6. The van der Waals surface area contributed by atoms with Gasteiger partial charge in [0.1, 0.15) is 0 Å². The Bertz CT molecular complexity index is 1050. The molecule has 0 spiro atoms. The van der Waals surface area contributed by atoms with Crippen LogP contribution in [-0.4, -0.2) is 64.8 Å². The molecule has 0 bridgehead atoms. The fourth-order valence-electron chi connectivity index (χ4n) is 4.24. The molecule has 0 fully saturated rings. The number of ether oxygens (including phenoxy) is 6. The van der Waals surface area contributed by atoms with Gasteiger partial charge in [0, 0.05) is 6.42 Å². The van der Waals surface area contributed by atoms with E-state index in [0.717, 1.165) is 0 Å². The van der Waals surface area contributed by atoms with Crippen molar-refractivity contribution in [3.05, 3.63) is 35.4 Å². The third-order valence-electron chi connectivity index (χ3n) is 6.01. The molecule has 0 saturated carbocycles. The molecule has 198 valence electrons. The van der Waals surface area contributed by atoms with E-state index >= 15 is 0 Å². The number of rotatable bonds is 13. The lowest BCUT2D eigenvalue weighted by Crippen LogP contribution is -2.29. The first-order valence-corrected chi connectivity index (χ1v) is 11.2. The van der Waals surface area contributed by atoms with Gasteiger partial charge < -0.3 is 38.6 Å². The summed E-state index contributed by atoms with van der Waals surface area (Å²) in [5.74, 6) is -1.23. The van der Waals surface area contributed by atoms with Crippen LogP contribution in [0.4, 0.5) is 0 Å². The number of carbonyl (C=O) groups is 2. The molecule has 2 aromatic rings. The molecule has 36 heavy (non-hydrogen) atoms. The van der Waals surface area contributed by atoms with Crippen LogP contribution >= 0.6 is 0 Å². The summed E-state index contributed by atoms with van der Waals surface area (Å²) in [5.41, 5.74) is 1.28. The first-order valence-electron chi connectivity index (χ1n) is 11.2. The number of phenolic OH excluding ortho intramolecular Hbond substituents is 2. The largest absolute Gasteiger partial charge is 0.504 e. The van der Waals surface area contributed by atoms with Crippen LogP contribution in [0.2, 0.25) is 0 Å². The number of esters is 2. The summed E-state index contributed by atoms with van der Waals surface area (Å²) >= 11 is 0. The van der Waals surface area contributed by atoms with E-state index in [9.17, 15) is 19.8 Å². The van der Waals surface area contributed by atoms with Crippen molar-refractivity contribution in [3.63, 3.8) is 0 Å². The Morgan fingerprint density at radius 2 is 1.22 bits per heavy atom. The van der Waals surface area contributed by atoms with Gasteiger partial charge in [-0.3, -0.25) is 9.59 Å². The average molecular weight is 507 g/mol. The first kappa shape index (κ1) is 28.4. The van der Waals surface area contributed by atoms with Gasteiger partial charge in [-0.15, -0.1) is 0 Å². The van der Waals surface area contributed by atoms with Crippen LogP contribution in [0.15, 0.2) is 24.3 Å². The predicted octanol–water partition coefficient (Wildman–Crippen LogP) is 3.28. The summed E-state index contributed by atoms with van der Waals surface area (Å²) in [6.45, 7) is 0. The SMILES string of the molecule is COC(=O)CC[C@@H](Cc1cc(O)c(OC)c(OC)c1)[C@H](Cc1cc(O)c(OC)c(OC)c1)C(=O)OC. The summed E-state index contributed by atoms with van der Waals surface area (Å²) in [7, 11) is 8.32. The zero-order valence-corrected chi connectivity index (χ0v) is 21.5. The van der Waals surface area contributed by atoms with E-state index in [1.165, 1.54) is 54.8 Å². The Balaban J connectivity index is 2.49. The Hall–Kier alpha value is -3.82. The molecule has 0 aliphatic carbocycles. The van der Waals surface area contributed by atoms with Crippen molar-refractivity contribution in [2.75, 3.05) is 42.7 Å². The minimum absolute atomic E-state index is 0.0745. The Morgan fingerprint density at radius 1 is 0.722 bits per heavy atom. The highest BCUT2D eigenvalue weighted by atomic mass is 16.5. The third-order valence-corrected chi connectivity index (χ3v) is 6.01. The number of phenols is 2. The van der Waals surface area contributed by atoms with E-state index in [4.69, 9.17) is 28.4 Å². The van der Waals surface area contributed by atoms with Crippen LogP contribution in [0.3, 0.4) is 0 Å². The van der Waals surface area contributed by atoms with Crippen molar-refractivity contribution < 1.29 is 48.2 Å². The van der Waals surface area contributed by atoms with Crippen LogP contribution < -0.4 is 18.9 Å². The van der Waals surface area contributed by atoms with Crippen molar-refractivity contribution in [1.29, 1.82) is 0 Å². The maximum Gasteiger partial charge on any atom is 0.309 e. The molecule has 0 aliphatic heterocycles. The van der Waals surface area contributed by atoms with Gasteiger partial charge in [-0.1, -0.05) is 0 Å². The predicted molar refractivity (Wildman–Crippen MR) is 130 cm³/mol. The van der Waals surface area contributed by atoms with Crippen molar-refractivity contribution in [1.82, 2.24) is 0 Å². The molecule has 2 rings (SSSR count). The molecule has 0 radical (unpaired) electrons. The standard InChI is InChI=1S/C26H34O10/c1-31-21-13-15(11-19(27)24(21)34-4)9-17(7-8-23(29)33-3)18(26(30)36-6)10-16-12-20(28)25(35-5)22(14-16)32-2/h11-14,17-18,27-28H,7-10H2,1-6H3/t17-,18-/m0/s1. The highest BCUT2D eigenvalue weighted by Gasteiger charge is 2.31. The van der Waals surface area contributed by atoms with Crippen molar-refractivity contribution in [3.8, 4) is 34.5 Å². The van der Waals surface area contributed by atoms with E-state index in [-0.39, 0.29) is 35.8 Å².